The van der Waals surface area contributed by atoms with Crippen molar-refractivity contribution in [2.24, 2.45) is 11.8 Å². The normalized spacial score (nSPS) is 16.0. The number of halogens is 1. The fourth-order valence-corrected chi connectivity index (χ4v) is 3.82. The van der Waals surface area contributed by atoms with Crippen LogP contribution >= 0.6 is 11.6 Å². The minimum Gasteiger partial charge on any atom is -0.493 e. The van der Waals surface area contributed by atoms with Crippen molar-refractivity contribution in [3.05, 3.63) is 28.8 Å². The first-order chi connectivity index (χ1) is 14.5. The number of piperidine rings is 1. The van der Waals surface area contributed by atoms with Crippen molar-refractivity contribution in [3.63, 3.8) is 0 Å². The number of hydrogen-bond donors (Lipinski definition) is 0. The molecule has 1 saturated heterocycles. The Morgan fingerprint density at radius 1 is 1.23 bits per heavy atom. The third-order valence-electron chi connectivity index (χ3n) is 5.45. The third kappa shape index (κ3) is 8.24. The smallest absolute Gasteiger partial charge is 0.410 e. The van der Waals surface area contributed by atoms with Gasteiger partial charge in [-0.2, -0.15) is 0 Å². The van der Waals surface area contributed by atoms with E-state index in [0.29, 0.717) is 34.8 Å². The van der Waals surface area contributed by atoms with Gasteiger partial charge in [-0.1, -0.05) is 18.5 Å². The van der Waals surface area contributed by atoms with Crippen molar-refractivity contribution in [2.45, 2.75) is 59.0 Å². The van der Waals surface area contributed by atoms with Gasteiger partial charge in [-0.3, -0.25) is 4.79 Å². The van der Waals surface area contributed by atoms with Gasteiger partial charge in [0.05, 0.1) is 17.2 Å². The lowest BCUT2D eigenvalue weighted by Crippen LogP contribution is -2.41. The second kappa shape index (κ2) is 11.1. The van der Waals surface area contributed by atoms with Crippen LogP contribution in [0, 0.1) is 11.8 Å². The minimum atomic E-state index is -0.449. The number of carbonyl (C=O) groups is 2. The van der Waals surface area contributed by atoms with Gasteiger partial charge < -0.3 is 19.3 Å². The van der Waals surface area contributed by atoms with E-state index in [1.54, 1.807) is 32.3 Å². The Labute approximate surface area is 191 Å². The summed E-state index contributed by atoms with van der Waals surface area (Å²) in [6, 6.07) is 5.21. The van der Waals surface area contributed by atoms with Crippen LogP contribution in [0.1, 0.15) is 63.7 Å². The highest BCUT2D eigenvalue weighted by molar-refractivity contribution is 6.34. The molecule has 1 aliphatic rings. The summed E-state index contributed by atoms with van der Waals surface area (Å²) < 4.78 is 11.4. The highest BCUT2D eigenvalue weighted by Crippen LogP contribution is 2.27. The fourth-order valence-electron chi connectivity index (χ4n) is 3.57. The summed E-state index contributed by atoms with van der Waals surface area (Å²) >= 11 is 6.25. The van der Waals surface area contributed by atoms with E-state index >= 15 is 0 Å². The molecular formula is C24H37ClN2O4. The molecule has 0 aromatic heterocycles. The molecule has 1 aromatic carbocycles. The monoisotopic (exact) mass is 452 g/mol. The predicted molar refractivity (Wildman–Crippen MR) is 124 cm³/mol. The number of carbonyl (C=O) groups excluding carboxylic acids is 2. The third-order valence-corrected chi connectivity index (χ3v) is 5.76. The van der Waals surface area contributed by atoms with Crippen LogP contribution in [-0.4, -0.2) is 61.2 Å². The molecule has 1 atom stereocenters. The summed E-state index contributed by atoms with van der Waals surface area (Å²) in [5.74, 6) is 1.60. The van der Waals surface area contributed by atoms with Gasteiger partial charge in [0.15, 0.2) is 0 Å². The van der Waals surface area contributed by atoms with E-state index in [-0.39, 0.29) is 12.0 Å². The lowest BCUT2D eigenvalue weighted by Gasteiger charge is -2.33. The number of hydrogen-bond acceptors (Lipinski definition) is 4. The van der Waals surface area contributed by atoms with Crippen LogP contribution in [0.2, 0.25) is 5.02 Å². The molecule has 0 unspecified atom stereocenters. The number of amides is 2. The molecule has 1 heterocycles. The molecule has 0 aliphatic carbocycles. The molecule has 0 radical (unpaired) electrons. The molecule has 0 saturated carbocycles. The van der Waals surface area contributed by atoms with Crippen molar-refractivity contribution >= 4 is 23.6 Å². The van der Waals surface area contributed by atoms with Crippen LogP contribution < -0.4 is 4.74 Å². The number of rotatable bonds is 7. The molecule has 1 aliphatic heterocycles. The molecule has 6 nitrogen and oxygen atoms in total. The maximum absolute atomic E-state index is 12.2. The SMILES string of the molecule is C[C@@H](CCC1CCN(C(=O)OC(C)(C)C)CC1)COc1ccc(C(=O)N(C)C)c(Cl)c1. The zero-order chi connectivity index (χ0) is 23.2. The Hall–Kier alpha value is -1.95. The largest absolute Gasteiger partial charge is 0.493 e. The molecule has 1 aromatic rings. The Balaban J connectivity index is 1.71. The summed E-state index contributed by atoms with van der Waals surface area (Å²) in [5, 5.41) is 0.403. The lowest BCUT2D eigenvalue weighted by molar-refractivity contribution is 0.0178. The molecule has 0 bridgehead atoms. The van der Waals surface area contributed by atoms with Crippen molar-refractivity contribution in [1.29, 1.82) is 0 Å². The Bertz CT molecular complexity index is 752. The van der Waals surface area contributed by atoms with E-state index < -0.39 is 5.60 Å². The first kappa shape index (κ1) is 25.3. The van der Waals surface area contributed by atoms with E-state index in [2.05, 4.69) is 6.92 Å². The molecule has 0 spiro atoms. The first-order valence-corrected chi connectivity index (χ1v) is 11.5. The second-order valence-electron chi connectivity index (χ2n) is 9.75. The molecule has 0 N–H and O–H groups in total. The average molecular weight is 453 g/mol. The summed E-state index contributed by atoms with van der Waals surface area (Å²) in [6.45, 7) is 10.0. The molecule has 1 fully saturated rings. The summed E-state index contributed by atoms with van der Waals surface area (Å²) in [4.78, 5) is 27.6. The molecular weight excluding hydrogens is 416 g/mol. The maximum atomic E-state index is 12.2. The number of likely N-dealkylation sites (tertiary alicyclic amines) is 1. The maximum Gasteiger partial charge on any atom is 0.410 e. The van der Waals surface area contributed by atoms with Gasteiger partial charge in [0, 0.05) is 27.2 Å². The molecule has 2 rings (SSSR count). The second-order valence-corrected chi connectivity index (χ2v) is 10.2. The zero-order valence-corrected chi connectivity index (χ0v) is 20.5. The Kier molecular flexibility index (Phi) is 9.04. The molecule has 7 heteroatoms. The predicted octanol–water partition coefficient (Wildman–Crippen LogP) is 5.48. The van der Waals surface area contributed by atoms with E-state index in [0.717, 1.165) is 38.8 Å². The highest BCUT2D eigenvalue weighted by atomic mass is 35.5. The number of ether oxygens (including phenoxy) is 2. The minimum absolute atomic E-state index is 0.123. The Morgan fingerprint density at radius 2 is 1.87 bits per heavy atom. The van der Waals surface area contributed by atoms with Crippen LogP contribution in [0.15, 0.2) is 18.2 Å². The molecule has 174 valence electrons. The van der Waals surface area contributed by atoms with Gasteiger partial charge in [0.2, 0.25) is 0 Å². The van der Waals surface area contributed by atoms with Crippen molar-refractivity contribution in [2.75, 3.05) is 33.8 Å². The fraction of sp³-hybridized carbons (Fsp3) is 0.667. The van der Waals surface area contributed by atoms with Gasteiger partial charge in [-0.25, -0.2) is 4.79 Å². The Morgan fingerprint density at radius 3 is 2.42 bits per heavy atom. The summed E-state index contributed by atoms with van der Waals surface area (Å²) in [5.41, 5.74) is 0.0280. The topological polar surface area (TPSA) is 59.1 Å². The van der Waals surface area contributed by atoms with Gasteiger partial charge >= 0.3 is 6.09 Å². The summed E-state index contributed by atoms with van der Waals surface area (Å²) in [7, 11) is 3.40. The molecule has 31 heavy (non-hydrogen) atoms. The van der Waals surface area contributed by atoms with Crippen molar-refractivity contribution < 1.29 is 19.1 Å². The summed E-state index contributed by atoms with van der Waals surface area (Å²) in [6.07, 6.45) is 4.03. The van der Waals surface area contributed by atoms with Gasteiger partial charge in [-0.15, -0.1) is 0 Å². The van der Waals surface area contributed by atoms with Gasteiger partial charge in [0.1, 0.15) is 11.4 Å². The standard InChI is InChI=1S/C24H37ClN2O4/c1-17(16-30-19-9-10-20(21(25)15-19)22(28)26(5)6)7-8-18-11-13-27(14-12-18)23(29)31-24(2,3)4/h9-10,15,17-18H,7-8,11-14,16H2,1-6H3/t17-/m0/s1. The zero-order valence-electron chi connectivity index (χ0n) is 19.7. The van der Waals surface area contributed by atoms with E-state index in [1.807, 2.05) is 25.7 Å². The highest BCUT2D eigenvalue weighted by Gasteiger charge is 2.27. The van der Waals surface area contributed by atoms with Crippen LogP contribution in [0.3, 0.4) is 0 Å². The van der Waals surface area contributed by atoms with E-state index in [9.17, 15) is 9.59 Å². The van der Waals surface area contributed by atoms with Crippen molar-refractivity contribution in [3.8, 4) is 5.75 Å². The van der Waals surface area contributed by atoms with Gasteiger partial charge in [-0.05, 0) is 76.5 Å². The van der Waals surface area contributed by atoms with Crippen LogP contribution in [0.25, 0.3) is 0 Å². The average Bonchev–Trinajstić information content (AvgIpc) is 2.69. The van der Waals surface area contributed by atoms with Crippen molar-refractivity contribution in [1.82, 2.24) is 9.80 Å². The molecule has 2 amide bonds. The lowest BCUT2D eigenvalue weighted by atomic mass is 9.89. The quantitative estimate of drug-likeness (QED) is 0.549. The number of benzene rings is 1. The number of nitrogens with zero attached hydrogens (tertiary/aromatic N) is 2. The van der Waals surface area contributed by atoms with Crippen LogP contribution in [0.4, 0.5) is 4.79 Å². The van der Waals surface area contributed by atoms with E-state index in [1.165, 1.54) is 4.90 Å². The van der Waals surface area contributed by atoms with Crippen LogP contribution in [-0.2, 0) is 4.74 Å². The van der Waals surface area contributed by atoms with E-state index in [4.69, 9.17) is 21.1 Å². The van der Waals surface area contributed by atoms with Crippen LogP contribution in [0.5, 0.6) is 5.75 Å². The van der Waals surface area contributed by atoms with Gasteiger partial charge in [0.25, 0.3) is 5.91 Å². The first-order valence-electron chi connectivity index (χ1n) is 11.1.